The number of hydrogen-bond acceptors (Lipinski definition) is 10. The highest BCUT2D eigenvalue weighted by Crippen LogP contribution is 2.83. The van der Waals surface area contributed by atoms with Crippen molar-refractivity contribution >= 4 is 18.2 Å². The van der Waals surface area contributed by atoms with E-state index >= 15 is 0 Å². The Bertz CT molecular complexity index is 2380. The monoisotopic (exact) mass is 965 g/mol. The number of epoxide rings is 3. The molecule has 0 aromatic carbocycles. The van der Waals surface area contributed by atoms with Crippen LogP contribution in [-0.4, -0.2) is 94.9 Å². The third kappa shape index (κ3) is 7.03. The Morgan fingerprint density at radius 3 is 2.44 bits per heavy atom. The summed E-state index contributed by atoms with van der Waals surface area (Å²) in [6.07, 6.45) is 21.3. The molecule has 12 heteroatoms. The van der Waals surface area contributed by atoms with Gasteiger partial charge >= 0.3 is 18.2 Å². The summed E-state index contributed by atoms with van der Waals surface area (Å²) in [5.41, 5.74) is 2.35. The average molecular weight is 965 g/mol. The number of hydrogen-bond donors (Lipinski definition) is 3. The second-order valence-corrected chi connectivity index (χ2v) is 26.5. The first-order valence-corrected chi connectivity index (χ1v) is 27.5. The maximum absolute atomic E-state index is 14.5. The van der Waals surface area contributed by atoms with Crippen LogP contribution in [0.3, 0.4) is 0 Å². The molecule has 3 N–H and O–H groups in total. The highest BCUT2D eigenvalue weighted by molar-refractivity contribution is 5.92. The minimum atomic E-state index is -0.840. The molecule has 0 radical (unpaired) electrons. The molecule has 8 aliphatic carbocycles. The van der Waals surface area contributed by atoms with Gasteiger partial charge in [-0.3, -0.25) is 0 Å². The molecule has 7 saturated carbocycles. The van der Waals surface area contributed by atoms with Crippen molar-refractivity contribution in [2.45, 2.75) is 223 Å². The number of ether oxygens (including phenoxy) is 6. The van der Waals surface area contributed by atoms with E-state index in [-0.39, 0.29) is 64.5 Å². The summed E-state index contributed by atoms with van der Waals surface area (Å²) in [6, 6.07) is -0.219. The molecule has 17 atom stereocenters. The Labute approximate surface area is 415 Å². The van der Waals surface area contributed by atoms with E-state index in [0.717, 1.165) is 74.5 Å². The van der Waals surface area contributed by atoms with Gasteiger partial charge in [-0.15, -0.1) is 0 Å². The van der Waals surface area contributed by atoms with E-state index in [0.29, 0.717) is 49.5 Å². The zero-order valence-corrected chi connectivity index (χ0v) is 43.2. The molecular weight excluding hydrogens is 885 g/mol. The van der Waals surface area contributed by atoms with Gasteiger partial charge in [-0.1, -0.05) is 78.8 Å². The zero-order chi connectivity index (χ0) is 49.1. The van der Waals surface area contributed by atoms with Gasteiger partial charge in [0.15, 0.2) is 11.7 Å². The predicted molar refractivity (Wildman–Crippen MR) is 262 cm³/mol. The Morgan fingerprint density at radius 1 is 0.871 bits per heavy atom. The Morgan fingerprint density at radius 2 is 1.67 bits per heavy atom. The second kappa shape index (κ2) is 16.0. The van der Waals surface area contributed by atoms with Crippen molar-refractivity contribution in [2.24, 2.45) is 51.8 Å². The number of nitrogens with one attached hydrogen (secondary N) is 2. The van der Waals surface area contributed by atoms with Gasteiger partial charge in [0.25, 0.3) is 0 Å². The number of aliphatic hydroxyl groups is 1. The molecule has 12 rings (SSSR count). The molecule has 0 aromatic rings. The standard InChI is InChI=1S/C58H80N2O10/c1-31(2)56-46(69-56)47-58(70-47)55(9)25-23-38-39(29-65-48(38)62)42(55)26-45-57(58,68-45)49(56)67-51(64)60-53(7)28-37(27-52(5,6)30-53)59-50(63)66-44(36-18-19-36)22-15-32(3)40-20-21-41-35(13-11-24-54(40,41)8)17-16-34-12-10-14-43(61)33(34)4/h15-17,22,31-32,36-37,40-47,49,61H,4,10-14,18-21,23-30H2,1-3,5-9H3,(H,59,63)(H,60,64)/b22-15+,34-16-,35-17+/t32-,37?,40?,41?,42-,43-,44?,45-,46-,47-,49+,53?,54+,55-,56-,57+,58+/m0/s1. The first-order valence-electron chi connectivity index (χ1n) is 27.5. The summed E-state index contributed by atoms with van der Waals surface area (Å²) in [6.45, 7) is 22.4. The quantitative estimate of drug-likeness (QED) is 0.0832. The number of fused-ring (bicyclic) bond motifs is 5. The fourth-order valence-corrected chi connectivity index (χ4v) is 17.9. The molecular formula is C58H80N2O10. The van der Waals surface area contributed by atoms with Crippen LogP contribution in [-0.2, 0) is 33.2 Å². The molecule has 382 valence electrons. The first-order chi connectivity index (χ1) is 33.2. The van der Waals surface area contributed by atoms with Gasteiger partial charge < -0.3 is 44.2 Å². The lowest BCUT2D eigenvalue weighted by Crippen LogP contribution is -2.70. The Kier molecular flexibility index (Phi) is 10.9. The van der Waals surface area contributed by atoms with Crippen LogP contribution in [0.25, 0.3) is 0 Å². The summed E-state index contributed by atoms with van der Waals surface area (Å²) in [5.74, 6) is 1.74. The molecule has 10 fully saturated rings. The molecule has 0 aromatic heterocycles. The molecule has 12 aliphatic rings. The topological polar surface area (TPSA) is 161 Å². The number of aliphatic hydroxyl groups excluding tert-OH is 1. The molecule has 12 nitrogen and oxygen atoms in total. The van der Waals surface area contributed by atoms with Crippen LogP contribution >= 0.6 is 0 Å². The number of amides is 2. The van der Waals surface area contributed by atoms with Crippen LogP contribution in [0.5, 0.6) is 0 Å². The fraction of sp³-hybridized carbons (Fsp3) is 0.776. The van der Waals surface area contributed by atoms with Crippen LogP contribution in [0.1, 0.15) is 158 Å². The predicted octanol–water partition coefficient (Wildman–Crippen LogP) is 10.0. The van der Waals surface area contributed by atoms with E-state index in [4.69, 9.17) is 28.4 Å². The molecule has 0 bridgehead atoms. The van der Waals surface area contributed by atoms with Crippen molar-refractivity contribution in [3.8, 4) is 0 Å². The van der Waals surface area contributed by atoms with Gasteiger partial charge in [-0.2, -0.15) is 0 Å². The number of carbonyl (C=O) groups excluding carboxylic acids is 3. The fourth-order valence-electron chi connectivity index (χ4n) is 17.9. The van der Waals surface area contributed by atoms with Gasteiger partial charge in [-0.05, 0) is 179 Å². The molecule has 70 heavy (non-hydrogen) atoms. The zero-order valence-electron chi connectivity index (χ0n) is 43.2. The van der Waals surface area contributed by atoms with Crippen molar-refractivity contribution in [3.05, 3.63) is 58.7 Å². The van der Waals surface area contributed by atoms with Crippen molar-refractivity contribution in [1.82, 2.24) is 10.6 Å². The second-order valence-electron chi connectivity index (χ2n) is 26.5. The summed E-state index contributed by atoms with van der Waals surface area (Å²) in [5, 5.41) is 17.0. The number of carbonyl (C=O) groups is 3. The van der Waals surface area contributed by atoms with Gasteiger partial charge in [0, 0.05) is 22.6 Å². The van der Waals surface area contributed by atoms with Crippen molar-refractivity contribution < 1.29 is 47.9 Å². The Hall–Kier alpha value is -3.45. The lowest BCUT2D eigenvalue weighted by atomic mass is 9.46. The number of cyclic esters (lactones) is 1. The maximum atomic E-state index is 14.5. The first kappa shape index (κ1) is 47.5. The smallest absolute Gasteiger partial charge is 0.408 e. The highest BCUT2D eigenvalue weighted by atomic mass is 16.8. The van der Waals surface area contributed by atoms with E-state index in [1.165, 1.54) is 31.3 Å². The third-order valence-corrected chi connectivity index (χ3v) is 21.2. The minimum Gasteiger partial charge on any atom is -0.458 e. The molecule has 3 saturated heterocycles. The summed E-state index contributed by atoms with van der Waals surface area (Å²) in [4.78, 5) is 41.2. The molecule has 4 aliphatic heterocycles. The van der Waals surface area contributed by atoms with Gasteiger partial charge in [0.05, 0.1) is 12.2 Å². The van der Waals surface area contributed by atoms with E-state index in [9.17, 15) is 19.5 Å². The number of allylic oxidation sites excluding steroid dienone is 4. The molecule has 2 spiro atoms. The van der Waals surface area contributed by atoms with Crippen LogP contribution in [0.2, 0.25) is 0 Å². The van der Waals surface area contributed by atoms with Crippen molar-refractivity contribution in [3.63, 3.8) is 0 Å². The van der Waals surface area contributed by atoms with E-state index in [1.807, 2.05) is 0 Å². The minimum absolute atomic E-state index is 0.0456. The van der Waals surface area contributed by atoms with Gasteiger partial charge in [0.1, 0.15) is 36.1 Å². The average Bonchev–Trinajstić information content (AvgIpc) is 4.13. The van der Waals surface area contributed by atoms with E-state index < -0.39 is 46.7 Å². The van der Waals surface area contributed by atoms with Crippen LogP contribution < -0.4 is 10.6 Å². The largest absolute Gasteiger partial charge is 0.458 e. The van der Waals surface area contributed by atoms with Crippen molar-refractivity contribution in [2.75, 3.05) is 6.61 Å². The van der Waals surface area contributed by atoms with Gasteiger partial charge in [0.2, 0.25) is 0 Å². The normalized spacial score (nSPS) is 48.0. The number of alkyl carbamates (subject to hydrolysis) is 2. The molecule has 2 amide bonds. The van der Waals surface area contributed by atoms with Crippen molar-refractivity contribution in [1.29, 1.82) is 0 Å². The van der Waals surface area contributed by atoms with Crippen LogP contribution in [0, 0.1) is 51.8 Å². The summed E-state index contributed by atoms with van der Waals surface area (Å²) >= 11 is 0. The van der Waals surface area contributed by atoms with E-state index in [1.54, 1.807) is 5.57 Å². The summed E-state index contributed by atoms with van der Waals surface area (Å²) in [7, 11) is 0. The highest BCUT2D eigenvalue weighted by Gasteiger charge is 3.01. The van der Waals surface area contributed by atoms with Crippen LogP contribution in [0.4, 0.5) is 9.59 Å². The Balaban J connectivity index is 0.699. The lowest BCUT2D eigenvalue weighted by molar-refractivity contribution is -0.136. The van der Waals surface area contributed by atoms with Crippen LogP contribution in [0.15, 0.2) is 58.7 Å². The molecule has 5 unspecified atom stereocenters. The number of esters is 1. The third-order valence-electron chi connectivity index (χ3n) is 21.2. The molecule has 4 heterocycles. The lowest BCUT2D eigenvalue weighted by Gasteiger charge is -2.53. The maximum Gasteiger partial charge on any atom is 0.408 e. The van der Waals surface area contributed by atoms with Gasteiger partial charge in [-0.25, -0.2) is 14.4 Å². The number of rotatable bonds is 10. The summed E-state index contributed by atoms with van der Waals surface area (Å²) < 4.78 is 39.1. The SMILES string of the molecule is C=C1/C(=C\C=C2/CCC[C@@]3(C)C2CCC3[C@@H](C)/C=C/C(OC(=O)NC2CC(C)(C)CC(C)(NC(=O)O[C@@H]3[C@@]4(C(C)C)O[C@H]4[C@@H]4O[C@]45[C@]34O[C@H]4C[C@H]3C4=C(CC[C@@]35C)C(=O)OC4)C2)C2CC2)CCC[C@@H]1O. The van der Waals surface area contributed by atoms with E-state index in [2.05, 4.69) is 96.9 Å².